The van der Waals surface area contributed by atoms with Crippen LogP contribution in [-0.4, -0.2) is 232 Å². The summed E-state index contributed by atoms with van der Waals surface area (Å²) in [5.74, 6) is 0. The Morgan fingerprint density at radius 2 is 0.930 bits per heavy atom. The third-order valence-electron chi connectivity index (χ3n) is 12.1. The molecule has 2 aromatic carbocycles. The molecule has 0 aliphatic carbocycles. The average molecular weight is 1020 g/mol. The van der Waals surface area contributed by atoms with Crippen LogP contribution in [0.4, 0.5) is 0 Å². The van der Waals surface area contributed by atoms with E-state index in [1.54, 1.807) is 59.3 Å². The molecule has 9 N–H and O–H groups in total. The lowest BCUT2D eigenvalue weighted by Gasteiger charge is -2.42. The minimum atomic E-state index is -1.34. The van der Waals surface area contributed by atoms with Crippen LogP contribution in [0.15, 0.2) is 60.7 Å². The Hall–Kier alpha value is -2.31. The zero-order valence-corrected chi connectivity index (χ0v) is 42.6. The Bertz CT molecular complexity index is 1660. The van der Waals surface area contributed by atoms with Crippen molar-refractivity contribution in [2.24, 2.45) is 0 Å². The van der Waals surface area contributed by atoms with Gasteiger partial charge in [-0.15, -0.1) is 0 Å². The van der Waals surface area contributed by atoms with E-state index in [9.17, 15) is 35.7 Å². The SMILES string of the molecule is CCCO[C@@H]1[C@@H](O)[C@H](C)OC(OC)[C@@H]1O.CCCO[C@@H]1[C@@H](OC)[C@H](C)OC(O)[C@@H]1OC.COC1O[C@@H](C)[C@H](O)[C@@H](O)[C@H]1O.COC1O[C@@H](C)[C@H](O)[C@H]2OB(c3ccccc3)O[C@@H]12.OB(O)c1ccccc1. The lowest BCUT2D eigenvalue weighted by atomic mass is 9.79. The molecule has 5 saturated heterocycles. The van der Waals surface area contributed by atoms with Gasteiger partial charge >= 0.3 is 14.2 Å². The molecule has 5 aliphatic heterocycles. The van der Waals surface area contributed by atoms with E-state index in [4.69, 9.17) is 71.5 Å². The maximum Gasteiger partial charge on any atom is 0.494 e. The molecule has 0 saturated carbocycles. The van der Waals surface area contributed by atoms with Gasteiger partial charge in [-0.2, -0.15) is 0 Å². The molecular formula is C47H80B2O22. The summed E-state index contributed by atoms with van der Waals surface area (Å²) in [4.78, 5) is 0. The summed E-state index contributed by atoms with van der Waals surface area (Å²) < 4.78 is 69.5. The van der Waals surface area contributed by atoms with Crippen LogP contribution in [-0.2, 0) is 61.4 Å². The van der Waals surface area contributed by atoms with Crippen molar-refractivity contribution in [3.05, 3.63) is 60.7 Å². The van der Waals surface area contributed by atoms with Crippen LogP contribution in [0.5, 0.6) is 0 Å². The van der Waals surface area contributed by atoms with Crippen molar-refractivity contribution in [1.29, 1.82) is 0 Å². The van der Waals surface area contributed by atoms with E-state index in [-0.39, 0.29) is 24.4 Å². The molecule has 0 amide bonds. The predicted molar refractivity (Wildman–Crippen MR) is 256 cm³/mol. The molecule has 0 spiro atoms. The van der Waals surface area contributed by atoms with Gasteiger partial charge in [0.25, 0.3) is 0 Å². The zero-order valence-electron chi connectivity index (χ0n) is 42.6. The van der Waals surface area contributed by atoms with Gasteiger partial charge in [-0.3, -0.25) is 0 Å². The Balaban J connectivity index is 0.000000239. The highest BCUT2D eigenvalue weighted by Gasteiger charge is 2.53. The van der Waals surface area contributed by atoms with Crippen LogP contribution in [0.2, 0.25) is 0 Å². The molecule has 20 atom stereocenters. The van der Waals surface area contributed by atoms with E-state index in [1.807, 2.05) is 57.2 Å². The molecule has 4 unspecified atom stereocenters. The number of aliphatic hydroxyl groups excluding tert-OH is 7. The number of methoxy groups -OCH3 is 5. The van der Waals surface area contributed by atoms with Crippen LogP contribution in [0, 0.1) is 0 Å². The highest BCUT2D eigenvalue weighted by atomic mass is 16.7. The summed E-state index contributed by atoms with van der Waals surface area (Å²) in [5, 5.41) is 84.4. The first-order chi connectivity index (χ1) is 33.8. The van der Waals surface area contributed by atoms with Crippen molar-refractivity contribution in [2.45, 2.75) is 177 Å². The molecule has 2 aromatic rings. The Kier molecular flexibility index (Phi) is 28.6. The minimum absolute atomic E-state index is 0.215. The van der Waals surface area contributed by atoms with Crippen LogP contribution >= 0.6 is 0 Å². The monoisotopic (exact) mass is 1020 g/mol. The summed E-state index contributed by atoms with van der Waals surface area (Å²) in [7, 11) is 5.69. The molecular weight excluding hydrogens is 938 g/mol. The molecule has 5 aliphatic rings. The fourth-order valence-electron chi connectivity index (χ4n) is 8.05. The number of ether oxygens (including phenoxy) is 11. The summed E-state index contributed by atoms with van der Waals surface area (Å²) in [6, 6.07) is 18.3. The first-order valence-corrected chi connectivity index (χ1v) is 23.9. The van der Waals surface area contributed by atoms with Gasteiger partial charge in [0.15, 0.2) is 25.2 Å². The van der Waals surface area contributed by atoms with Crippen molar-refractivity contribution >= 4 is 25.2 Å². The lowest BCUT2D eigenvalue weighted by Crippen LogP contribution is -2.59. The van der Waals surface area contributed by atoms with Crippen LogP contribution < -0.4 is 10.9 Å². The average Bonchev–Trinajstić information content (AvgIpc) is 3.83. The summed E-state index contributed by atoms with van der Waals surface area (Å²) in [6.45, 7) is 12.1. The molecule has 0 bridgehead atoms. The van der Waals surface area contributed by atoms with Crippen LogP contribution in [0.25, 0.3) is 0 Å². The molecule has 24 heteroatoms. The van der Waals surface area contributed by atoms with Gasteiger partial charge in [0, 0.05) is 48.8 Å². The highest BCUT2D eigenvalue weighted by Crippen LogP contribution is 2.32. The summed E-state index contributed by atoms with van der Waals surface area (Å²) >= 11 is 0. The topological polar surface area (TPSA) is 302 Å². The third kappa shape index (κ3) is 17.9. The second kappa shape index (κ2) is 32.2. The van der Waals surface area contributed by atoms with E-state index < -0.39 is 113 Å². The quantitative estimate of drug-likeness (QED) is 0.0999. The third-order valence-corrected chi connectivity index (χ3v) is 12.1. The van der Waals surface area contributed by atoms with Crippen molar-refractivity contribution in [1.82, 2.24) is 0 Å². The molecule has 71 heavy (non-hydrogen) atoms. The Labute approximate surface area is 418 Å². The molecule has 0 aromatic heterocycles. The van der Waals surface area contributed by atoms with E-state index >= 15 is 0 Å². The largest absolute Gasteiger partial charge is 0.494 e. The van der Waals surface area contributed by atoms with Gasteiger partial charge in [0.2, 0.25) is 0 Å². The first-order valence-electron chi connectivity index (χ1n) is 23.9. The first kappa shape index (κ1) is 63.0. The van der Waals surface area contributed by atoms with Crippen molar-refractivity contribution in [2.75, 3.05) is 48.8 Å². The Morgan fingerprint density at radius 3 is 1.42 bits per heavy atom. The molecule has 7 rings (SSSR count). The fraction of sp³-hybridized carbons (Fsp3) is 0.745. The number of hydrogen-bond donors (Lipinski definition) is 9. The van der Waals surface area contributed by atoms with Crippen LogP contribution in [0.3, 0.4) is 0 Å². The number of hydrogen-bond acceptors (Lipinski definition) is 22. The smallest absolute Gasteiger partial charge is 0.423 e. The predicted octanol–water partition coefficient (Wildman–Crippen LogP) is -1.81. The minimum Gasteiger partial charge on any atom is -0.423 e. The van der Waals surface area contributed by atoms with Gasteiger partial charge in [-0.05, 0) is 51.5 Å². The van der Waals surface area contributed by atoms with E-state index in [0.717, 1.165) is 18.3 Å². The van der Waals surface area contributed by atoms with E-state index in [0.29, 0.717) is 18.7 Å². The van der Waals surface area contributed by atoms with Crippen molar-refractivity contribution < 1.29 is 107 Å². The standard InChI is InChI=1S/C13H17BO5.C11H22O5.C10H20O5.C7H14O5.C6H7BO2/c1-8-10(15)11-12(13(16-2)17-8)19-14(18-11)9-6-4-3-5-7-9;1-5-6-15-9-8(13-3)7(2)16-11(12)10(9)14-4;1-4-5-14-9-7(11)6(2)15-10(13-3)8(9)12;1-3-4(8)5(9)6(10)7(11-2)12-3;8-7(9)6-4-2-1-3-5-6/h3-8,10-13,15H,1-2H3;7-12H,5-6H2,1-4H3;6-12H,4-5H2,1-3H3;3-10H,1-2H3;1-5,8-9H/t8-,10-,11+,12+,13?;7-,8-,9+,10+,11?;6-,7-,8+,9+,10?;3-,4-,5+,6+,7?;/m0000./s1. The van der Waals surface area contributed by atoms with Gasteiger partial charge in [-0.25, -0.2) is 0 Å². The molecule has 22 nitrogen and oxygen atoms in total. The number of benzene rings is 2. The number of fused-ring (bicyclic) bond motifs is 1. The molecule has 406 valence electrons. The number of rotatable bonds is 13. The van der Waals surface area contributed by atoms with Gasteiger partial charge in [0.1, 0.15) is 73.2 Å². The maximum absolute atomic E-state index is 10.1. The van der Waals surface area contributed by atoms with E-state index in [2.05, 4.69) is 0 Å². The number of aliphatic hydroxyl groups is 7. The van der Waals surface area contributed by atoms with Gasteiger partial charge in [-0.1, -0.05) is 74.5 Å². The van der Waals surface area contributed by atoms with Crippen molar-refractivity contribution in [3.63, 3.8) is 0 Å². The maximum atomic E-state index is 10.1. The lowest BCUT2D eigenvalue weighted by molar-refractivity contribution is -0.295. The zero-order chi connectivity index (χ0) is 52.9. The van der Waals surface area contributed by atoms with Gasteiger partial charge < -0.3 is 107 Å². The summed E-state index contributed by atoms with van der Waals surface area (Å²) in [6.07, 6.45) is -11.3. The van der Waals surface area contributed by atoms with Gasteiger partial charge in [0.05, 0.1) is 24.4 Å². The molecule has 5 heterocycles. The normalized spacial score (nSPS) is 37.5. The van der Waals surface area contributed by atoms with E-state index in [1.165, 1.54) is 21.3 Å². The fourth-order valence-corrected chi connectivity index (χ4v) is 8.05. The summed E-state index contributed by atoms with van der Waals surface area (Å²) in [5.41, 5.74) is 1.45. The molecule has 0 radical (unpaired) electrons. The molecule has 5 fully saturated rings. The van der Waals surface area contributed by atoms with Crippen LogP contribution in [0.1, 0.15) is 54.4 Å². The second-order valence-corrected chi connectivity index (χ2v) is 17.3. The second-order valence-electron chi connectivity index (χ2n) is 17.3. The highest BCUT2D eigenvalue weighted by molar-refractivity contribution is 6.61. The van der Waals surface area contributed by atoms with Crippen molar-refractivity contribution in [3.8, 4) is 0 Å². The Morgan fingerprint density at radius 1 is 0.465 bits per heavy atom.